The molecule has 1 aromatic carbocycles. The molecule has 0 saturated carbocycles. The van der Waals surface area contributed by atoms with Crippen molar-refractivity contribution in [3.05, 3.63) is 29.8 Å². The number of anilines is 1. The first kappa shape index (κ1) is 16.6. The molecule has 0 spiro atoms. The molecule has 0 aliphatic carbocycles. The van der Waals surface area contributed by atoms with Crippen LogP contribution in [0.1, 0.15) is 12.5 Å². The summed E-state index contributed by atoms with van der Waals surface area (Å²) in [6.07, 6.45) is 0. The predicted molar refractivity (Wildman–Crippen MR) is 89.5 cm³/mol. The number of ether oxygens (including phenoxy) is 1. The first-order chi connectivity index (χ1) is 9.83. The summed E-state index contributed by atoms with van der Waals surface area (Å²) in [5.74, 6) is 0. The van der Waals surface area contributed by atoms with Crippen LogP contribution in [0.4, 0.5) is 5.69 Å². The van der Waals surface area contributed by atoms with Crippen LogP contribution < -0.4 is 10.2 Å². The van der Waals surface area contributed by atoms with E-state index >= 15 is 0 Å². The van der Waals surface area contributed by atoms with Gasteiger partial charge in [-0.25, -0.2) is 0 Å². The molecule has 2 aliphatic heterocycles. The average molecular weight is 312 g/mol. The Labute approximate surface area is 133 Å². The predicted octanol–water partition coefficient (Wildman–Crippen LogP) is 1.74. The monoisotopic (exact) mass is 311 g/mol. The Morgan fingerprint density at radius 1 is 1.19 bits per heavy atom. The second kappa shape index (κ2) is 7.99. The number of rotatable bonds is 3. The fourth-order valence-electron chi connectivity index (χ4n) is 3.15. The van der Waals surface area contributed by atoms with Crippen molar-refractivity contribution in [1.29, 1.82) is 0 Å². The lowest BCUT2D eigenvalue weighted by atomic mass is 10.1. The van der Waals surface area contributed by atoms with E-state index in [9.17, 15) is 0 Å². The number of nitrogens with one attached hydrogen (secondary N) is 1. The Bertz CT molecular complexity index is 437. The summed E-state index contributed by atoms with van der Waals surface area (Å²) in [4.78, 5) is 5.02. The quantitative estimate of drug-likeness (QED) is 0.920. The highest BCUT2D eigenvalue weighted by Gasteiger charge is 2.19. The zero-order valence-electron chi connectivity index (χ0n) is 12.8. The summed E-state index contributed by atoms with van der Waals surface area (Å²) in [5.41, 5.74) is 2.84. The highest BCUT2D eigenvalue weighted by Crippen LogP contribution is 2.23. The van der Waals surface area contributed by atoms with E-state index in [1.165, 1.54) is 11.3 Å². The van der Waals surface area contributed by atoms with Crippen LogP contribution in [-0.4, -0.2) is 56.9 Å². The van der Waals surface area contributed by atoms with Crippen molar-refractivity contribution in [1.82, 2.24) is 10.2 Å². The number of morpholine rings is 1. The van der Waals surface area contributed by atoms with Gasteiger partial charge in [0.25, 0.3) is 0 Å². The zero-order chi connectivity index (χ0) is 13.8. The van der Waals surface area contributed by atoms with Gasteiger partial charge in [-0.15, -0.1) is 12.4 Å². The van der Waals surface area contributed by atoms with Gasteiger partial charge in [0, 0.05) is 51.0 Å². The molecule has 0 radical (unpaired) electrons. The molecular formula is C16H26ClN3O. The Morgan fingerprint density at radius 2 is 1.95 bits per heavy atom. The third-order valence-corrected chi connectivity index (χ3v) is 4.19. The van der Waals surface area contributed by atoms with Crippen LogP contribution >= 0.6 is 12.4 Å². The molecular weight excluding hydrogens is 286 g/mol. The van der Waals surface area contributed by atoms with Crippen molar-refractivity contribution in [2.75, 3.05) is 50.8 Å². The Morgan fingerprint density at radius 3 is 2.71 bits per heavy atom. The van der Waals surface area contributed by atoms with Crippen molar-refractivity contribution in [3.8, 4) is 0 Å². The van der Waals surface area contributed by atoms with E-state index in [1.54, 1.807) is 0 Å². The maximum absolute atomic E-state index is 5.46. The van der Waals surface area contributed by atoms with Crippen LogP contribution in [0.5, 0.6) is 0 Å². The highest BCUT2D eigenvalue weighted by molar-refractivity contribution is 5.85. The minimum absolute atomic E-state index is 0. The van der Waals surface area contributed by atoms with Gasteiger partial charge >= 0.3 is 0 Å². The fraction of sp³-hybridized carbons (Fsp3) is 0.625. The molecule has 118 valence electrons. The van der Waals surface area contributed by atoms with E-state index in [4.69, 9.17) is 4.74 Å². The summed E-state index contributed by atoms with van der Waals surface area (Å²) in [6, 6.07) is 9.43. The molecule has 21 heavy (non-hydrogen) atoms. The molecule has 0 bridgehead atoms. The topological polar surface area (TPSA) is 27.7 Å². The molecule has 3 rings (SSSR count). The molecule has 2 saturated heterocycles. The molecule has 1 atom stereocenters. The summed E-state index contributed by atoms with van der Waals surface area (Å²) >= 11 is 0. The molecule has 2 aliphatic rings. The highest BCUT2D eigenvalue weighted by atomic mass is 35.5. The van der Waals surface area contributed by atoms with Crippen LogP contribution in [0.15, 0.2) is 24.3 Å². The maximum Gasteiger partial charge on any atom is 0.0642 e. The van der Waals surface area contributed by atoms with Crippen molar-refractivity contribution >= 4 is 18.1 Å². The van der Waals surface area contributed by atoms with Crippen LogP contribution in [-0.2, 0) is 11.3 Å². The number of halogens is 1. The van der Waals surface area contributed by atoms with E-state index < -0.39 is 0 Å². The lowest BCUT2D eigenvalue weighted by Crippen LogP contribution is -2.48. The summed E-state index contributed by atoms with van der Waals surface area (Å²) < 4.78 is 5.46. The number of para-hydroxylation sites is 1. The minimum Gasteiger partial charge on any atom is -0.378 e. The largest absolute Gasteiger partial charge is 0.378 e. The Hall–Kier alpha value is -0.810. The second-order valence-corrected chi connectivity index (χ2v) is 5.82. The lowest BCUT2D eigenvalue weighted by molar-refractivity contribution is 0.122. The third kappa shape index (κ3) is 4.33. The van der Waals surface area contributed by atoms with E-state index in [0.717, 1.165) is 52.5 Å². The van der Waals surface area contributed by atoms with Gasteiger partial charge in [0.15, 0.2) is 0 Å². The summed E-state index contributed by atoms with van der Waals surface area (Å²) in [5, 5.41) is 3.51. The molecule has 2 heterocycles. The van der Waals surface area contributed by atoms with Crippen molar-refractivity contribution < 1.29 is 4.74 Å². The molecule has 4 nitrogen and oxygen atoms in total. The van der Waals surface area contributed by atoms with Crippen molar-refractivity contribution in [2.45, 2.75) is 19.5 Å². The first-order valence-electron chi connectivity index (χ1n) is 7.69. The summed E-state index contributed by atoms with van der Waals surface area (Å²) in [7, 11) is 0. The summed E-state index contributed by atoms with van der Waals surface area (Å²) in [6.45, 7) is 10.4. The molecule has 2 fully saturated rings. The number of nitrogens with zero attached hydrogens (tertiary/aromatic N) is 2. The molecule has 1 aromatic rings. The van der Waals surface area contributed by atoms with Crippen LogP contribution in [0.3, 0.4) is 0 Å². The Balaban J connectivity index is 0.00000161. The zero-order valence-corrected chi connectivity index (χ0v) is 13.6. The van der Waals surface area contributed by atoms with Gasteiger partial charge in [-0.1, -0.05) is 18.2 Å². The molecule has 0 unspecified atom stereocenters. The smallest absolute Gasteiger partial charge is 0.0642 e. The minimum atomic E-state index is 0. The normalized spacial score (nSPS) is 23.7. The molecule has 1 N–H and O–H groups in total. The number of piperazine rings is 1. The second-order valence-electron chi connectivity index (χ2n) is 5.82. The third-order valence-electron chi connectivity index (χ3n) is 4.19. The van der Waals surface area contributed by atoms with E-state index in [0.29, 0.717) is 6.04 Å². The van der Waals surface area contributed by atoms with Crippen LogP contribution in [0.2, 0.25) is 0 Å². The molecule has 0 amide bonds. The lowest BCUT2D eigenvalue weighted by Gasteiger charge is -2.34. The van der Waals surface area contributed by atoms with Gasteiger partial charge in [-0.2, -0.15) is 0 Å². The van der Waals surface area contributed by atoms with Gasteiger partial charge < -0.3 is 15.0 Å². The van der Waals surface area contributed by atoms with Gasteiger partial charge in [-0.3, -0.25) is 4.90 Å². The average Bonchev–Trinajstić information content (AvgIpc) is 2.49. The van der Waals surface area contributed by atoms with Gasteiger partial charge in [-0.05, 0) is 18.6 Å². The fourth-order valence-corrected chi connectivity index (χ4v) is 3.15. The van der Waals surface area contributed by atoms with E-state index in [2.05, 4.69) is 46.3 Å². The van der Waals surface area contributed by atoms with E-state index in [-0.39, 0.29) is 12.4 Å². The number of hydrogen-bond acceptors (Lipinski definition) is 4. The SMILES string of the molecule is C[C@H]1CN(Cc2ccccc2N2CCOCC2)CCN1.Cl. The molecule has 5 heteroatoms. The molecule has 0 aromatic heterocycles. The van der Waals surface area contributed by atoms with E-state index in [1.807, 2.05) is 0 Å². The Kier molecular flexibility index (Phi) is 6.30. The van der Waals surface area contributed by atoms with Crippen molar-refractivity contribution in [2.24, 2.45) is 0 Å². The van der Waals surface area contributed by atoms with Gasteiger partial charge in [0.1, 0.15) is 0 Å². The first-order valence-corrected chi connectivity index (χ1v) is 7.69. The van der Waals surface area contributed by atoms with Gasteiger partial charge in [0.2, 0.25) is 0 Å². The maximum atomic E-state index is 5.46. The number of hydrogen-bond donors (Lipinski definition) is 1. The standard InChI is InChI=1S/C16H25N3O.ClH/c1-14-12-18(7-6-17-14)13-15-4-2-3-5-16(15)19-8-10-20-11-9-19;/h2-5,14,17H,6-13H2,1H3;1H/t14-;/m0./s1. The van der Waals surface area contributed by atoms with Crippen LogP contribution in [0, 0.1) is 0 Å². The number of benzene rings is 1. The van der Waals surface area contributed by atoms with Gasteiger partial charge in [0.05, 0.1) is 13.2 Å². The van der Waals surface area contributed by atoms with Crippen LogP contribution in [0.25, 0.3) is 0 Å². The van der Waals surface area contributed by atoms with Crippen molar-refractivity contribution in [3.63, 3.8) is 0 Å².